The Morgan fingerprint density at radius 1 is 1.09 bits per heavy atom. The molecule has 0 spiro atoms. The SMILES string of the molecule is CC(=O)Nc1ccc(OC2O[C@H](C(=O)O)[C@@H](O)[C@H](O)[C@H]2O)cc1. The van der Waals surface area contributed by atoms with Crippen LogP contribution in [0.3, 0.4) is 0 Å². The zero-order valence-electron chi connectivity index (χ0n) is 12.1. The zero-order valence-corrected chi connectivity index (χ0v) is 12.1. The first-order valence-corrected chi connectivity index (χ1v) is 6.76. The largest absolute Gasteiger partial charge is 0.479 e. The Hall–Kier alpha value is -2.20. The van der Waals surface area contributed by atoms with Crippen LogP contribution in [0.4, 0.5) is 5.69 Å². The molecule has 0 saturated carbocycles. The zero-order chi connectivity index (χ0) is 17.1. The molecule has 1 fully saturated rings. The third kappa shape index (κ3) is 3.96. The first-order chi connectivity index (χ1) is 10.8. The van der Waals surface area contributed by atoms with Crippen molar-refractivity contribution in [3.63, 3.8) is 0 Å². The maximum absolute atomic E-state index is 11.0. The average molecular weight is 327 g/mol. The van der Waals surface area contributed by atoms with Crippen molar-refractivity contribution < 1.29 is 39.5 Å². The number of hydrogen-bond donors (Lipinski definition) is 5. The van der Waals surface area contributed by atoms with E-state index in [0.717, 1.165) is 0 Å². The molecule has 2 rings (SSSR count). The Morgan fingerprint density at radius 3 is 2.22 bits per heavy atom. The second-order valence-electron chi connectivity index (χ2n) is 5.06. The molecule has 9 heteroatoms. The van der Waals surface area contributed by atoms with Crippen LogP contribution in [-0.4, -0.2) is 63.0 Å². The molecule has 0 aromatic heterocycles. The standard InChI is InChI=1S/C14H17NO8/c1-6(16)15-7-2-4-8(5-3-7)22-14-11(19)9(17)10(18)12(23-14)13(20)21/h2-5,9-12,14,17-19H,1H3,(H,15,16)(H,20,21)/t9-,10-,11+,12-,14?/m0/s1. The fourth-order valence-electron chi connectivity index (χ4n) is 2.10. The minimum atomic E-state index is -1.77. The van der Waals surface area contributed by atoms with E-state index < -0.39 is 36.7 Å². The van der Waals surface area contributed by atoms with Crippen LogP contribution in [0.25, 0.3) is 0 Å². The average Bonchev–Trinajstić information content (AvgIpc) is 2.48. The lowest BCUT2D eigenvalue weighted by molar-refractivity contribution is -0.271. The molecular weight excluding hydrogens is 310 g/mol. The van der Waals surface area contributed by atoms with Gasteiger partial charge in [0, 0.05) is 12.6 Å². The molecule has 1 unspecified atom stereocenters. The van der Waals surface area contributed by atoms with Crippen LogP contribution in [0.1, 0.15) is 6.92 Å². The number of aliphatic carboxylic acids is 1. The van der Waals surface area contributed by atoms with Crippen molar-refractivity contribution >= 4 is 17.6 Å². The molecule has 126 valence electrons. The second-order valence-corrected chi connectivity index (χ2v) is 5.06. The summed E-state index contributed by atoms with van der Waals surface area (Å²) in [6, 6.07) is 6.00. The molecule has 23 heavy (non-hydrogen) atoms. The fraction of sp³-hybridized carbons (Fsp3) is 0.429. The molecule has 1 saturated heterocycles. The second kappa shape index (κ2) is 6.92. The monoisotopic (exact) mass is 327 g/mol. The number of aliphatic hydroxyl groups is 3. The number of benzene rings is 1. The summed E-state index contributed by atoms with van der Waals surface area (Å²) in [6.07, 6.45) is -8.33. The summed E-state index contributed by atoms with van der Waals surface area (Å²) in [5, 5.41) is 40.6. The molecule has 1 aliphatic rings. The third-order valence-electron chi connectivity index (χ3n) is 3.24. The van der Waals surface area contributed by atoms with Gasteiger partial charge in [-0.25, -0.2) is 4.79 Å². The van der Waals surface area contributed by atoms with Crippen molar-refractivity contribution in [1.82, 2.24) is 0 Å². The Kier molecular flexibility index (Phi) is 5.16. The summed E-state index contributed by atoms with van der Waals surface area (Å²) in [5.74, 6) is -1.51. The molecule has 9 nitrogen and oxygen atoms in total. The van der Waals surface area contributed by atoms with Crippen molar-refractivity contribution in [2.75, 3.05) is 5.32 Å². The van der Waals surface area contributed by atoms with Gasteiger partial charge < -0.3 is 35.2 Å². The smallest absolute Gasteiger partial charge is 0.335 e. The highest BCUT2D eigenvalue weighted by Crippen LogP contribution is 2.25. The number of carboxylic acid groups (broad SMARTS) is 1. The van der Waals surface area contributed by atoms with Crippen molar-refractivity contribution in [3.8, 4) is 5.75 Å². The van der Waals surface area contributed by atoms with Gasteiger partial charge >= 0.3 is 5.97 Å². The highest BCUT2D eigenvalue weighted by Gasteiger charge is 2.48. The maximum Gasteiger partial charge on any atom is 0.335 e. The molecule has 5 atom stereocenters. The number of carbonyl (C=O) groups is 2. The Labute approximate surface area is 131 Å². The number of hydrogen-bond acceptors (Lipinski definition) is 7. The van der Waals surface area contributed by atoms with E-state index in [9.17, 15) is 24.9 Å². The highest BCUT2D eigenvalue weighted by atomic mass is 16.7. The van der Waals surface area contributed by atoms with E-state index in [-0.39, 0.29) is 11.7 Å². The summed E-state index contributed by atoms with van der Waals surface area (Å²) < 4.78 is 10.3. The van der Waals surface area contributed by atoms with Gasteiger partial charge in [-0.3, -0.25) is 4.79 Å². The number of amides is 1. The molecule has 5 N–H and O–H groups in total. The van der Waals surface area contributed by atoms with Gasteiger partial charge in [0.15, 0.2) is 6.10 Å². The number of aliphatic hydroxyl groups excluding tert-OH is 3. The third-order valence-corrected chi connectivity index (χ3v) is 3.24. The number of ether oxygens (including phenoxy) is 2. The van der Waals surface area contributed by atoms with Gasteiger partial charge in [0.05, 0.1) is 0 Å². The van der Waals surface area contributed by atoms with Crippen LogP contribution in [0.2, 0.25) is 0 Å². The molecule has 0 radical (unpaired) electrons. The van der Waals surface area contributed by atoms with Crippen LogP contribution in [0.15, 0.2) is 24.3 Å². The lowest BCUT2D eigenvalue weighted by Gasteiger charge is -2.38. The van der Waals surface area contributed by atoms with E-state index in [0.29, 0.717) is 5.69 Å². The molecule has 1 aromatic rings. The van der Waals surface area contributed by atoms with Gasteiger partial charge in [0.1, 0.15) is 24.1 Å². The Bertz CT molecular complexity index is 575. The van der Waals surface area contributed by atoms with Crippen LogP contribution in [-0.2, 0) is 14.3 Å². The predicted octanol–water partition coefficient (Wildman–Crippen LogP) is -1.08. The van der Waals surface area contributed by atoms with Crippen molar-refractivity contribution in [2.24, 2.45) is 0 Å². The van der Waals surface area contributed by atoms with E-state index >= 15 is 0 Å². The van der Waals surface area contributed by atoms with Gasteiger partial charge in [-0.1, -0.05) is 0 Å². The van der Waals surface area contributed by atoms with Crippen LogP contribution in [0.5, 0.6) is 5.75 Å². The minimum absolute atomic E-state index is 0.218. The van der Waals surface area contributed by atoms with Crippen molar-refractivity contribution in [3.05, 3.63) is 24.3 Å². The maximum atomic E-state index is 11.0. The normalized spacial score (nSPS) is 30.5. The Morgan fingerprint density at radius 2 is 1.70 bits per heavy atom. The van der Waals surface area contributed by atoms with Crippen LogP contribution < -0.4 is 10.1 Å². The van der Waals surface area contributed by atoms with E-state index in [1.54, 1.807) is 0 Å². The van der Waals surface area contributed by atoms with E-state index in [1.807, 2.05) is 0 Å². The quantitative estimate of drug-likeness (QED) is 0.469. The summed E-state index contributed by atoms with van der Waals surface area (Å²) in [5.41, 5.74) is 0.522. The molecular formula is C14H17NO8. The molecule has 0 bridgehead atoms. The number of anilines is 1. The number of carboxylic acids is 1. The first kappa shape index (κ1) is 17.2. The Balaban J connectivity index is 2.08. The highest BCUT2D eigenvalue weighted by molar-refractivity contribution is 5.88. The van der Waals surface area contributed by atoms with Gasteiger partial charge in [-0.05, 0) is 24.3 Å². The van der Waals surface area contributed by atoms with Crippen molar-refractivity contribution in [1.29, 1.82) is 0 Å². The fourth-order valence-corrected chi connectivity index (χ4v) is 2.10. The van der Waals surface area contributed by atoms with Crippen LogP contribution in [0, 0.1) is 0 Å². The summed E-state index contributed by atoms with van der Waals surface area (Å²) in [6.45, 7) is 1.36. The summed E-state index contributed by atoms with van der Waals surface area (Å²) in [4.78, 5) is 21.9. The summed E-state index contributed by atoms with van der Waals surface area (Å²) in [7, 11) is 0. The molecule has 1 heterocycles. The van der Waals surface area contributed by atoms with Gasteiger partial charge in [-0.2, -0.15) is 0 Å². The van der Waals surface area contributed by atoms with Crippen LogP contribution >= 0.6 is 0 Å². The molecule has 1 amide bonds. The molecule has 1 aliphatic heterocycles. The minimum Gasteiger partial charge on any atom is -0.479 e. The number of rotatable bonds is 4. The number of nitrogens with one attached hydrogen (secondary N) is 1. The lowest BCUT2D eigenvalue weighted by Crippen LogP contribution is -2.61. The molecule has 1 aromatic carbocycles. The van der Waals surface area contributed by atoms with E-state index in [4.69, 9.17) is 14.6 Å². The first-order valence-electron chi connectivity index (χ1n) is 6.76. The van der Waals surface area contributed by atoms with E-state index in [2.05, 4.69) is 5.32 Å². The summed E-state index contributed by atoms with van der Waals surface area (Å²) >= 11 is 0. The molecule has 0 aliphatic carbocycles. The van der Waals surface area contributed by atoms with Gasteiger partial charge in [-0.15, -0.1) is 0 Å². The predicted molar refractivity (Wildman–Crippen MR) is 75.7 cm³/mol. The van der Waals surface area contributed by atoms with Gasteiger partial charge in [0.25, 0.3) is 0 Å². The van der Waals surface area contributed by atoms with Gasteiger partial charge in [0.2, 0.25) is 12.2 Å². The van der Waals surface area contributed by atoms with E-state index in [1.165, 1.54) is 31.2 Å². The van der Waals surface area contributed by atoms with Crippen molar-refractivity contribution in [2.45, 2.75) is 37.6 Å². The number of carbonyl (C=O) groups excluding carboxylic acids is 1. The topological polar surface area (TPSA) is 146 Å². The lowest BCUT2D eigenvalue weighted by atomic mass is 9.99.